The van der Waals surface area contributed by atoms with Crippen LogP contribution in [0.5, 0.6) is 0 Å². The highest BCUT2D eigenvalue weighted by molar-refractivity contribution is 14.0. The smallest absolute Gasteiger partial charge is 0.191 e. The van der Waals surface area contributed by atoms with Gasteiger partial charge in [-0.2, -0.15) is 0 Å². The van der Waals surface area contributed by atoms with Crippen molar-refractivity contribution in [1.29, 1.82) is 0 Å². The highest BCUT2D eigenvalue weighted by Gasteiger charge is 2.16. The highest BCUT2D eigenvalue weighted by atomic mass is 127. The molecule has 3 rings (SSSR count). The molecular weight excluding hydrogens is 431 g/mol. The van der Waals surface area contributed by atoms with E-state index in [0.717, 1.165) is 58.8 Å². The van der Waals surface area contributed by atoms with Gasteiger partial charge in [0.25, 0.3) is 0 Å². The molecule has 0 radical (unpaired) electrons. The van der Waals surface area contributed by atoms with Crippen molar-refractivity contribution >= 4 is 29.9 Å². The lowest BCUT2D eigenvalue weighted by molar-refractivity contribution is 0.0674. The van der Waals surface area contributed by atoms with Crippen LogP contribution in [-0.4, -0.2) is 66.4 Å². The molecule has 2 saturated heterocycles. The number of aliphatic hydroxyl groups excluding tert-OH is 1. The number of aliphatic hydroxyl groups is 1. The molecule has 0 bridgehead atoms. The fourth-order valence-corrected chi connectivity index (χ4v) is 3.15. The van der Waals surface area contributed by atoms with Crippen LogP contribution in [0.4, 0.5) is 0 Å². The van der Waals surface area contributed by atoms with E-state index in [9.17, 15) is 5.11 Å². The normalized spacial score (nSPS) is 20.4. The van der Waals surface area contributed by atoms with Crippen LogP contribution in [-0.2, 0) is 17.8 Å². The van der Waals surface area contributed by atoms with Crippen LogP contribution in [0, 0.1) is 0 Å². The van der Waals surface area contributed by atoms with Gasteiger partial charge in [-0.25, -0.2) is 4.99 Å². The summed E-state index contributed by atoms with van der Waals surface area (Å²) in [5.74, 6) is 0.606. The molecule has 2 fully saturated rings. The largest absolute Gasteiger partial charge is 0.393 e. The number of halogens is 1. The average molecular weight is 460 g/mol. The van der Waals surface area contributed by atoms with Crippen molar-refractivity contribution in [2.24, 2.45) is 10.7 Å². The number of ether oxygens (including phenoxy) is 1. The van der Waals surface area contributed by atoms with Gasteiger partial charge in [0.05, 0.1) is 25.9 Å². The molecule has 0 aromatic heterocycles. The molecule has 2 aliphatic heterocycles. The number of nitrogens with zero attached hydrogens (tertiary/aromatic N) is 3. The predicted octanol–water partition coefficient (Wildman–Crippen LogP) is 1.41. The fourth-order valence-electron chi connectivity index (χ4n) is 3.15. The maximum Gasteiger partial charge on any atom is 0.191 e. The van der Waals surface area contributed by atoms with E-state index in [2.05, 4.69) is 39.1 Å². The lowest BCUT2D eigenvalue weighted by atomic mass is 10.1. The fraction of sp³-hybridized carbons (Fsp3) is 0.611. The first kappa shape index (κ1) is 20.4. The van der Waals surface area contributed by atoms with Gasteiger partial charge in [-0.3, -0.25) is 4.90 Å². The Morgan fingerprint density at radius 3 is 2.32 bits per heavy atom. The average Bonchev–Trinajstić information content (AvgIpc) is 2.63. The maximum atomic E-state index is 9.57. The third kappa shape index (κ3) is 6.40. The van der Waals surface area contributed by atoms with Crippen molar-refractivity contribution < 1.29 is 9.84 Å². The van der Waals surface area contributed by atoms with Crippen LogP contribution in [0.3, 0.4) is 0 Å². The van der Waals surface area contributed by atoms with Crippen molar-refractivity contribution in [2.45, 2.75) is 32.0 Å². The topological polar surface area (TPSA) is 74.3 Å². The molecule has 3 N–H and O–H groups in total. The number of aliphatic imine (C=N–C) groups is 1. The Balaban J connectivity index is 0.00000225. The SMILES string of the molecule is I.NC(=NCc1ccc(CN2CCC(O)CC2)cc1)N1CCOCC1. The van der Waals surface area contributed by atoms with Crippen molar-refractivity contribution in [3.63, 3.8) is 0 Å². The monoisotopic (exact) mass is 460 g/mol. The van der Waals surface area contributed by atoms with Crippen molar-refractivity contribution in [2.75, 3.05) is 39.4 Å². The zero-order valence-corrected chi connectivity index (χ0v) is 17.0. The molecule has 0 aliphatic carbocycles. The molecule has 1 aromatic carbocycles. The Bertz CT molecular complexity index is 539. The summed E-state index contributed by atoms with van der Waals surface area (Å²) in [5.41, 5.74) is 8.53. The van der Waals surface area contributed by atoms with Crippen LogP contribution >= 0.6 is 24.0 Å². The predicted molar refractivity (Wildman–Crippen MR) is 110 cm³/mol. The van der Waals surface area contributed by atoms with Crippen LogP contribution < -0.4 is 5.73 Å². The maximum absolute atomic E-state index is 9.57. The van der Waals surface area contributed by atoms with Gasteiger partial charge in [0, 0.05) is 32.7 Å². The molecule has 25 heavy (non-hydrogen) atoms. The number of piperidine rings is 1. The summed E-state index contributed by atoms with van der Waals surface area (Å²) in [6.45, 7) is 6.59. The second kappa shape index (κ2) is 10.3. The van der Waals surface area contributed by atoms with Crippen molar-refractivity contribution in [3.8, 4) is 0 Å². The standard InChI is InChI=1S/C18H28N4O2.HI/c19-18(22-9-11-24-12-10-22)20-13-15-1-3-16(4-2-15)14-21-7-5-17(23)6-8-21;/h1-4,17,23H,5-14H2,(H2,19,20);1H. The molecule has 6 nitrogen and oxygen atoms in total. The number of morpholine rings is 1. The Morgan fingerprint density at radius 1 is 1.08 bits per heavy atom. The Labute approximate surface area is 167 Å². The van der Waals surface area contributed by atoms with Gasteiger partial charge in [-0.1, -0.05) is 24.3 Å². The van der Waals surface area contributed by atoms with E-state index in [1.165, 1.54) is 11.1 Å². The molecule has 0 atom stereocenters. The summed E-state index contributed by atoms with van der Waals surface area (Å²) in [4.78, 5) is 8.97. The van der Waals surface area contributed by atoms with Gasteiger partial charge in [-0.05, 0) is 24.0 Å². The molecule has 0 spiro atoms. The third-order valence-electron chi connectivity index (χ3n) is 4.74. The van der Waals surface area contributed by atoms with Crippen LogP contribution in [0.1, 0.15) is 24.0 Å². The van der Waals surface area contributed by atoms with Crippen LogP contribution in [0.15, 0.2) is 29.3 Å². The molecule has 2 heterocycles. The summed E-state index contributed by atoms with van der Waals surface area (Å²) in [7, 11) is 0. The number of hydrogen-bond donors (Lipinski definition) is 2. The molecule has 1 aromatic rings. The molecule has 0 amide bonds. The second-order valence-corrected chi connectivity index (χ2v) is 6.60. The lowest BCUT2D eigenvalue weighted by Gasteiger charge is -2.29. The number of nitrogens with two attached hydrogens (primary N) is 1. The third-order valence-corrected chi connectivity index (χ3v) is 4.74. The summed E-state index contributed by atoms with van der Waals surface area (Å²) in [5, 5.41) is 9.57. The van der Waals surface area contributed by atoms with Gasteiger partial charge in [0.15, 0.2) is 5.96 Å². The number of likely N-dealkylation sites (tertiary alicyclic amines) is 1. The number of benzene rings is 1. The molecule has 0 unspecified atom stereocenters. The molecule has 140 valence electrons. The summed E-state index contributed by atoms with van der Waals surface area (Å²) >= 11 is 0. The summed E-state index contributed by atoms with van der Waals surface area (Å²) in [6, 6.07) is 8.59. The molecule has 7 heteroatoms. The van der Waals surface area contributed by atoms with Crippen molar-refractivity contribution in [1.82, 2.24) is 9.80 Å². The molecule has 2 aliphatic rings. The van der Waals surface area contributed by atoms with E-state index in [1.807, 2.05) is 0 Å². The van der Waals surface area contributed by atoms with Gasteiger partial charge >= 0.3 is 0 Å². The van der Waals surface area contributed by atoms with Crippen LogP contribution in [0.2, 0.25) is 0 Å². The van der Waals surface area contributed by atoms with Crippen molar-refractivity contribution in [3.05, 3.63) is 35.4 Å². The minimum atomic E-state index is -0.113. The second-order valence-electron chi connectivity index (χ2n) is 6.60. The van der Waals surface area contributed by atoms with E-state index >= 15 is 0 Å². The molecular formula is C18H29IN4O2. The van der Waals surface area contributed by atoms with Gasteiger partial charge in [-0.15, -0.1) is 24.0 Å². The summed E-state index contributed by atoms with van der Waals surface area (Å²) < 4.78 is 5.32. The molecule has 0 saturated carbocycles. The number of hydrogen-bond acceptors (Lipinski definition) is 4. The van der Waals surface area contributed by atoms with E-state index in [1.54, 1.807) is 0 Å². The number of guanidine groups is 1. The first-order valence-corrected chi connectivity index (χ1v) is 8.81. The Hall–Kier alpha value is -0.900. The van der Waals surface area contributed by atoms with E-state index in [-0.39, 0.29) is 30.1 Å². The van der Waals surface area contributed by atoms with Gasteiger partial charge in [0.2, 0.25) is 0 Å². The minimum absolute atomic E-state index is 0. The first-order chi connectivity index (χ1) is 11.7. The zero-order chi connectivity index (χ0) is 16.8. The van der Waals surface area contributed by atoms with Gasteiger partial charge < -0.3 is 20.5 Å². The Morgan fingerprint density at radius 2 is 1.68 bits per heavy atom. The zero-order valence-electron chi connectivity index (χ0n) is 14.6. The summed E-state index contributed by atoms with van der Waals surface area (Å²) in [6.07, 6.45) is 1.65. The minimum Gasteiger partial charge on any atom is -0.393 e. The first-order valence-electron chi connectivity index (χ1n) is 8.81. The number of rotatable bonds is 4. The quantitative estimate of drug-likeness (QED) is 0.404. The van der Waals surface area contributed by atoms with E-state index in [0.29, 0.717) is 12.5 Å². The highest BCUT2D eigenvalue weighted by Crippen LogP contribution is 2.14. The van der Waals surface area contributed by atoms with E-state index in [4.69, 9.17) is 10.5 Å². The Kier molecular flexibility index (Phi) is 8.41. The van der Waals surface area contributed by atoms with Gasteiger partial charge in [0.1, 0.15) is 0 Å². The lowest BCUT2D eigenvalue weighted by Crippen LogP contribution is -2.44. The van der Waals surface area contributed by atoms with Crippen LogP contribution in [0.25, 0.3) is 0 Å². The van der Waals surface area contributed by atoms with E-state index < -0.39 is 0 Å².